The average molecular weight is 352 g/mol. The van der Waals surface area contributed by atoms with Crippen molar-refractivity contribution in [1.82, 2.24) is 20.5 Å². The van der Waals surface area contributed by atoms with Crippen molar-refractivity contribution in [2.24, 2.45) is 0 Å². The van der Waals surface area contributed by atoms with Gasteiger partial charge in [0.2, 0.25) is 0 Å². The summed E-state index contributed by atoms with van der Waals surface area (Å²) in [5, 5.41) is 10.8. The molecule has 1 aromatic carbocycles. The number of nitrogens with zero attached hydrogens (tertiary/aromatic N) is 2. The maximum atomic E-state index is 12.5. The Kier molecular flexibility index (Phi) is 5.63. The molecule has 0 atom stereocenters. The van der Waals surface area contributed by atoms with Crippen LogP contribution in [0, 0.1) is 6.92 Å². The van der Waals surface area contributed by atoms with Gasteiger partial charge in [-0.1, -0.05) is 12.1 Å². The zero-order chi connectivity index (χ0) is 18.5. The third-order valence-corrected chi connectivity index (χ3v) is 4.08. The molecular formula is C20H24N4O2. The number of amides is 1. The van der Waals surface area contributed by atoms with Crippen LogP contribution >= 0.6 is 0 Å². The molecule has 0 bridgehead atoms. The Morgan fingerprint density at radius 1 is 1.23 bits per heavy atom. The monoisotopic (exact) mass is 352 g/mol. The van der Waals surface area contributed by atoms with Gasteiger partial charge < -0.3 is 10.1 Å². The van der Waals surface area contributed by atoms with Crippen molar-refractivity contribution in [2.75, 3.05) is 13.2 Å². The SMILES string of the molecule is Cc1ccc(-c2ccc3[nH]nc(C(=O)NCCCOC(C)C)c3c2)cn1. The van der Waals surface area contributed by atoms with Gasteiger partial charge in [0.1, 0.15) is 0 Å². The second kappa shape index (κ2) is 8.10. The van der Waals surface area contributed by atoms with E-state index in [1.54, 1.807) is 0 Å². The topological polar surface area (TPSA) is 79.9 Å². The molecule has 6 heteroatoms. The van der Waals surface area contributed by atoms with Crippen LogP contribution in [0.1, 0.15) is 36.5 Å². The second-order valence-electron chi connectivity index (χ2n) is 6.55. The lowest BCUT2D eigenvalue weighted by molar-refractivity contribution is 0.0756. The fraction of sp³-hybridized carbons (Fsp3) is 0.350. The van der Waals surface area contributed by atoms with Crippen molar-refractivity contribution in [3.63, 3.8) is 0 Å². The number of nitrogens with one attached hydrogen (secondary N) is 2. The predicted molar refractivity (Wildman–Crippen MR) is 102 cm³/mol. The zero-order valence-electron chi connectivity index (χ0n) is 15.4. The molecule has 6 nitrogen and oxygen atoms in total. The third-order valence-electron chi connectivity index (χ3n) is 4.08. The standard InChI is InChI=1S/C20H24N4O2/c1-13(2)26-10-4-9-21-20(25)19-17-11-15(7-8-18(17)23-24-19)16-6-5-14(3)22-12-16/h5-8,11-13H,4,9-10H2,1-3H3,(H,21,25)(H,23,24). The van der Waals surface area contributed by atoms with E-state index in [-0.39, 0.29) is 12.0 Å². The Hall–Kier alpha value is -2.73. The second-order valence-corrected chi connectivity index (χ2v) is 6.55. The summed E-state index contributed by atoms with van der Waals surface area (Å²) in [5.74, 6) is -0.181. The molecule has 0 aliphatic rings. The summed E-state index contributed by atoms with van der Waals surface area (Å²) in [5.41, 5.74) is 4.23. The summed E-state index contributed by atoms with van der Waals surface area (Å²) in [6.07, 6.45) is 2.81. The Labute approximate surface area is 153 Å². The molecule has 0 spiro atoms. The Bertz CT molecular complexity index is 884. The quantitative estimate of drug-likeness (QED) is 0.638. The average Bonchev–Trinajstić information content (AvgIpc) is 3.05. The van der Waals surface area contributed by atoms with Crippen molar-refractivity contribution in [2.45, 2.75) is 33.3 Å². The van der Waals surface area contributed by atoms with Crippen LogP contribution in [-0.4, -0.2) is 40.3 Å². The molecule has 2 heterocycles. The van der Waals surface area contributed by atoms with Gasteiger partial charge in [-0.2, -0.15) is 5.10 Å². The van der Waals surface area contributed by atoms with Crippen molar-refractivity contribution < 1.29 is 9.53 Å². The molecule has 1 amide bonds. The number of aryl methyl sites for hydroxylation is 1. The maximum absolute atomic E-state index is 12.5. The first kappa shape index (κ1) is 18.1. The summed E-state index contributed by atoms with van der Waals surface area (Å²) < 4.78 is 5.48. The van der Waals surface area contributed by atoms with E-state index in [0.717, 1.165) is 34.1 Å². The summed E-state index contributed by atoms with van der Waals surface area (Å²) in [6.45, 7) is 7.13. The van der Waals surface area contributed by atoms with Gasteiger partial charge in [0.25, 0.3) is 5.91 Å². The summed E-state index contributed by atoms with van der Waals surface area (Å²) in [4.78, 5) is 16.8. The number of fused-ring (bicyclic) bond motifs is 1. The normalized spacial score (nSPS) is 11.2. The molecule has 0 fully saturated rings. The van der Waals surface area contributed by atoms with Crippen LogP contribution in [0.5, 0.6) is 0 Å². The van der Waals surface area contributed by atoms with Crippen molar-refractivity contribution >= 4 is 16.8 Å². The number of aromatic amines is 1. The number of carbonyl (C=O) groups is 1. The Morgan fingerprint density at radius 2 is 2.04 bits per heavy atom. The number of hydrogen-bond donors (Lipinski definition) is 2. The summed E-state index contributed by atoms with van der Waals surface area (Å²) in [6, 6.07) is 9.91. The molecule has 0 aliphatic carbocycles. The van der Waals surface area contributed by atoms with Gasteiger partial charge in [0.15, 0.2) is 5.69 Å². The van der Waals surface area contributed by atoms with E-state index < -0.39 is 0 Å². The van der Waals surface area contributed by atoms with Crippen LogP contribution in [-0.2, 0) is 4.74 Å². The van der Waals surface area contributed by atoms with Crippen molar-refractivity contribution in [1.29, 1.82) is 0 Å². The minimum absolute atomic E-state index is 0.181. The van der Waals surface area contributed by atoms with Crippen LogP contribution in [0.3, 0.4) is 0 Å². The van der Waals surface area contributed by atoms with E-state index in [1.165, 1.54) is 0 Å². The number of carbonyl (C=O) groups excluding carboxylic acids is 1. The molecule has 136 valence electrons. The van der Waals surface area contributed by atoms with Gasteiger partial charge in [-0.25, -0.2) is 0 Å². The van der Waals surface area contributed by atoms with E-state index >= 15 is 0 Å². The fourth-order valence-electron chi connectivity index (χ4n) is 2.68. The molecule has 0 saturated carbocycles. The number of rotatable bonds is 7. The molecule has 0 aliphatic heterocycles. The minimum Gasteiger partial charge on any atom is -0.379 e. The van der Waals surface area contributed by atoms with E-state index in [1.807, 2.05) is 57.3 Å². The smallest absolute Gasteiger partial charge is 0.272 e. The first-order valence-electron chi connectivity index (χ1n) is 8.85. The molecular weight excluding hydrogens is 328 g/mol. The molecule has 2 N–H and O–H groups in total. The predicted octanol–water partition coefficient (Wildman–Crippen LogP) is 3.48. The van der Waals surface area contributed by atoms with Crippen molar-refractivity contribution in [3.05, 3.63) is 47.9 Å². The highest BCUT2D eigenvalue weighted by Gasteiger charge is 2.14. The van der Waals surface area contributed by atoms with Crippen LogP contribution in [0.15, 0.2) is 36.5 Å². The molecule has 0 unspecified atom stereocenters. The Balaban J connectivity index is 1.73. The first-order chi connectivity index (χ1) is 12.5. The van der Waals surface area contributed by atoms with Gasteiger partial charge in [-0.3, -0.25) is 14.9 Å². The van der Waals surface area contributed by atoms with E-state index in [2.05, 4.69) is 20.5 Å². The lowest BCUT2D eigenvalue weighted by Crippen LogP contribution is -2.26. The largest absolute Gasteiger partial charge is 0.379 e. The minimum atomic E-state index is -0.181. The third kappa shape index (κ3) is 4.26. The first-order valence-corrected chi connectivity index (χ1v) is 8.85. The maximum Gasteiger partial charge on any atom is 0.272 e. The molecule has 26 heavy (non-hydrogen) atoms. The van der Waals surface area contributed by atoms with Gasteiger partial charge >= 0.3 is 0 Å². The van der Waals surface area contributed by atoms with Crippen molar-refractivity contribution in [3.8, 4) is 11.1 Å². The van der Waals surface area contributed by atoms with Gasteiger partial charge in [-0.15, -0.1) is 0 Å². The molecule has 0 radical (unpaired) electrons. The highest BCUT2D eigenvalue weighted by atomic mass is 16.5. The number of hydrogen-bond acceptors (Lipinski definition) is 4. The lowest BCUT2D eigenvalue weighted by Gasteiger charge is -2.07. The van der Waals surface area contributed by atoms with E-state index in [4.69, 9.17) is 4.74 Å². The highest BCUT2D eigenvalue weighted by molar-refractivity contribution is 6.05. The number of H-pyrrole nitrogens is 1. The zero-order valence-corrected chi connectivity index (χ0v) is 15.4. The summed E-state index contributed by atoms with van der Waals surface area (Å²) in [7, 11) is 0. The fourth-order valence-corrected chi connectivity index (χ4v) is 2.68. The van der Waals surface area contributed by atoms with Crippen LogP contribution in [0.25, 0.3) is 22.0 Å². The van der Waals surface area contributed by atoms with Crippen LogP contribution in [0.2, 0.25) is 0 Å². The molecule has 2 aromatic heterocycles. The Morgan fingerprint density at radius 3 is 2.77 bits per heavy atom. The molecule has 0 saturated heterocycles. The molecule has 3 rings (SSSR count). The number of ether oxygens (including phenoxy) is 1. The number of aromatic nitrogens is 3. The number of pyridine rings is 1. The van der Waals surface area contributed by atoms with E-state index in [9.17, 15) is 4.79 Å². The van der Waals surface area contributed by atoms with Gasteiger partial charge in [-0.05, 0) is 51.0 Å². The van der Waals surface area contributed by atoms with Crippen LogP contribution in [0.4, 0.5) is 0 Å². The van der Waals surface area contributed by atoms with Gasteiger partial charge in [0, 0.05) is 36.0 Å². The lowest BCUT2D eigenvalue weighted by atomic mass is 10.0. The van der Waals surface area contributed by atoms with E-state index in [0.29, 0.717) is 18.8 Å². The molecule has 3 aromatic rings. The summed E-state index contributed by atoms with van der Waals surface area (Å²) >= 11 is 0. The number of benzene rings is 1. The highest BCUT2D eigenvalue weighted by Crippen LogP contribution is 2.25. The van der Waals surface area contributed by atoms with Gasteiger partial charge in [0.05, 0.1) is 11.6 Å². The van der Waals surface area contributed by atoms with Crippen LogP contribution < -0.4 is 5.32 Å².